The van der Waals surface area contributed by atoms with Gasteiger partial charge in [0.05, 0.1) is 13.7 Å². The number of aliphatic imine (C=N–C) groups is 1. The predicted molar refractivity (Wildman–Crippen MR) is 130 cm³/mol. The van der Waals surface area contributed by atoms with Gasteiger partial charge in [-0.15, -0.1) is 0 Å². The van der Waals surface area contributed by atoms with Gasteiger partial charge in [0.1, 0.15) is 11.8 Å². The maximum Gasteiger partial charge on any atom is 0.320 e. The second-order valence-electron chi connectivity index (χ2n) is 7.62. The second kappa shape index (κ2) is 11.1. The molecule has 0 aliphatic rings. The van der Waals surface area contributed by atoms with Crippen molar-refractivity contribution < 1.29 is 19.4 Å². The van der Waals surface area contributed by atoms with Crippen molar-refractivity contribution in [3.05, 3.63) is 83.2 Å². The lowest BCUT2D eigenvalue weighted by Gasteiger charge is -2.14. The molecule has 9 heteroatoms. The quantitative estimate of drug-likeness (QED) is 0.296. The van der Waals surface area contributed by atoms with Crippen molar-refractivity contribution in [3.8, 4) is 16.9 Å². The summed E-state index contributed by atoms with van der Waals surface area (Å²) in [6.45, 7) is 2.11. The molecule has 1 unspecified atom stereocenters. The minimum Gasteiger partial charge on any atom is -0.496 e. The number of benzene rings is 2. The number of aliphatic carboxylic acids is 1. The molecule has 0 bridgehead atoms. The first-order valence-electron chi connectivity index (χ1n) is 10.6. The normalized spacial score (nSPS) is 12.1. The van der Waals surface area contributed by atoms with E-state index in [9.17, 15) is 9.59 Å². The minimum atomic E-state index is -1.08. The fraction of sp³-hybridized carbons (Fsp3) is 0.200. The number of carboxylic acids is 1. The Morgan fingerprint density at radius 3 is 2.47 bits per heavy atom. The molecule has 0 aliphatic carbocycles. The molecule has 0 aliphatic heterocycles. The van der Waals surface area contributed by atoms with Crippen molar-refractivity contribution in [2.75, 3.05) is 7.11 Å². The summed E-state index contributed by atoms with van der Waals surface area (Å²) in [5.74, 6) is -0.901. The molecule has 0 saturated carbocycles. The van der Waals surface area contributed by atoms with Crippen LogP contribution in [-0.4, -0.2) is 41.1 Å². The van der Waals surface area contributed by atoms with Crippen LogP contribution in [0.3, 0.4) is 0 Å². The third-order valence-corrected chi connectivity index (χ3v) is 5.29. The van der Waals surface area contributed by atoms with Gasteiger partial charge >= 0.3 is 5.97 Å². The highest BCUT2D eigenvalue weighted by Crippen LogP contribution is 2.32. The van der Waals surface area contributed by atoms with E-state index in [0.717, 1.165) is 22.4 Å². The van der Waals surface area contributed by atoms with Crippen LogP contribution in [0.1, 0.15) is 27.2 Å². The van der Waals surface area contributed by atoms with Gasteiger partial charge in [-0.05, 0) is 48.7 Å². The Bertz CT molecular complexity index is 1210. The number of aryl methyl sites for hydroxylation is 1. The summed E-state index contributed by atoms with van der Waals surface area (Å²) in [6, 6.07) is 15.0. The number of carboxylic acid groups (broad SMARTS) is 1. The number of methoxy groups -OCH3 is 1. The number of carbonyl (C=O) groups is 2. The number of ether oxygens (including phenoxy) is 1. The molecule has 1 amide bonds. The zero-order valence-electron chi connectivity index (χ0n) is 19.0. The largest absolute Gasteiger partial charge is 0.496 e. The van der Waals surface area contributed by atoms with Crippen LogP contribution >= 0.6 is 0 Å². The van der Waals surface area contributed by atoms with Crippen molar-refractivity contribution in [3.63, 3.8) is 0 Å². The molecule has 1 heterocycles. The molecular formula is C25H27N5O4. The van der Waals surface area contributed by atoms with Crippen LogP contribution in [0, 0.1) is 6.92 Å². The van der Waals surface area contributed by atoms with Crippen LogP contribution in [0.15, 0.2) is 65.8 Å². The highest BCUT2D eigenvalue weighted by atomic mass is 16.5. The fourth-order valence-electron chi connectivity index (χ4n) is 3.47. The summed E-state index contributed by atoms with van der Waals surface area (Å²) in [6.07, 6.45) is 1.90. The molecule has 2 aromatic carbocycles. The zero-order valence-corrected chi connectivity index (χ0v) is 19.0. The zero-order chi connectivity index (χ0) is 24.7. The Hall–Kier alpha value is -4.24. The van der Waals surface area contributed by atoms with Crippen LogP contribution in [-0.2, 0) is 17.8 Å². The fourth-order valence-corrected chi connectivity index (χ4v) is 3.47. The maximum atomic E-state index is 12.5. The standard InChI is InChI=1S/C25H27N5O4/c1-15-18(6-4-12-28-15)19-5-3-7-22(34-2)20(19)14-29-25(27)30-23(31)17-10-8-16(9-11-17)13-21(26)24(32)33/h3-12,21H,13-14,26H2,1-2H3,(H,32,33)(H3,27,29,30,31). The lowest BCUT2D eigenvalue weighted by molar-refractivity contribution is -0.138. The summed E-state index contributed by atoms with van der Waals surface area (Å²) in [4.78, 5) is 32.1. The number of guanidine groups is 1. The number of aromatic nitrogens is 1. The van der Waals surface area contributed by atoms with Crippen LogP contribution in [0.2, 0.25) is 0 Å². The molecule has 1 atom stereocenters. The molecule has 176 valence electrons. The van der Waals surface area contributed by atoms with Crippen molar-refractivity contribution in [1.82, 2.24) is 10.3 Å². The van der Waals surface area contributed by atoms with Gasteiger partial charge in [-0.3, -0.25) is 19.9 Å². The number of nitrogens with one attached hydrogen (secondary N) is 1. The van der Waals surface area contributed by atoms with Crippen molar-refractivity contribution in [2.45, 2.75) is 25.9 Å². The molecular weight excluding hydrogens is 434 g/mol. The number of nitrogens with zero attached hydrogens (tertiary/aromatic N) is 2. The van der Waals surface area contributed by atoms with E-state index >= 15 is 0 Å². The Balaban J connectivity index is 1.74. The van der Waals surface area contributed by atoms with Crippen LogP contribution in [0.4, 0.5) is 0 Å². The molecule has 1 aromatic heterocycles. The van der Waals surface area contributed by atoms with Crippen molar-refractivity contribution in [1.29, 1.82) is 0 Å². The highest BCUT2D eigenvalue weighted by molar-refractivity contribution is 6.05. The van der Waals surface area contributed by atoms with Gasteiger partial charge in [0.15, 0.2) is 5.96 Å². The summed E-state index contributed by atoms with van der Waals surface area (Å²) in [7, 11) is 1.58. The van der Waals surface area contributed by atoms with Gasteiger partial charge in [0.25, 0.3) is 5.91 Å². The Morgan fingerprint density at radius 2 is 1.82 bits per heavy atom. The van der Waals surface area contributed by atoms with E-state index in [1.54, 1.807) is 37.6 Å². The lowest BCUT2D eigenvalue weighted by Crippen LogP contribution is -2.36. The van der Waals surface area contributed by atoms with E-state index in [0.29, 0.717) is 16.9 Å². The van der Waals surface area contributed by atoms with Gasteiger partial charge in [0, 0.05) is 28.6 Å². The van der Waals surface area contributed by atoms with Crippen LogP contribution in [0.5, 0.6) is 5.75 Å². The van der Waals surface area contributed by atoms with E-state index in [1.165, 1.54) is 0 Å². The molecule has 3 aromatic rings. The Kier molecular flexibility index (Phi) is 7.94. The van der Waals surface area contributed by atoms with E-state index in [2.05, 4.69) is 15.3 Å². The van der Waals surface area contributed by atoms with Gasteiger partial charge in [-0.2, -0.15) is 0 Å². The molecule has 0 radical (unpaired) electrons. The number of nitrogens with two attached hydrogens (primary N) is 2. The first-order chi connectivity index (χ1) is 16.3. The number of hydrogen-bond acceptors (Lipinski definition) is 6. The molecule has 0 fully saturated rings. The molecule has 0 spiro atoms. The summed E-state index contributed by atoms with van der Waals surface area (Å²) >= 11 is 0. The summed E-state index contributed by atoms with van der Waals surface area (Å²) < 4.78 is 5.52. The number of carbonyl (C=O) groups excluding carboxylic acids is 1. The van der Waals surface area contributed by atoms with E-state index in [4.69, 9.17) is 21.3 Å². The second-order valence-corrected chi connectivity index (χ2v) is 7.62. The average Bonchev–Trinajstić information content (AvgIpc) is 2.83. The topological polar surface area (TPSA) is 153 Å². The smallest absolute Gasteiger partial charge is 0.320 e. The lowest BCUT2D eigenvalue weighted by atomic mass is 9.98. The van der Waals surface area contributed by atoms with Gasteiger partial charge in [-0.25, -0.2) is 4.99 Å². The summed E-state index contributed by atoms with van der Waals surface area (Å²) in [5, 5.41) is 11.5. The third kappa shape index (κ3) is 5.96. The van der Waals surface area contributed by atoms with Crippen molar-refractivity contribution >= 4 is 17.8 Å². The predicted octanol–water partition coefficient (Wildman–Crippen LogP) is 2.26. The first kappa shape index (κ1) is 24.4. The number of hydrogen-bond donors (Lipinski definition) is 4. The van der Waals surface area contributed by atoms with E-state index in [-0.39, 0.29) is 18.9 Å². The summed E-state index contributed by atoms with van der Waals surface area (Å²) in [5.41, 5.74) is 16.2. The molecule has 34 heavy (non-hydrogen) atoms. The highest BCUT2D eigenvalue weighted by Gasteiger charge is 2.15. The number of amides is 1. The van der Waals surface area contributed by atoms with Crippen LogP contribution in [0.25, 0.3) is 11.1 Å². The average molecular weight is 462 g/mol. The third-order valence-electron chi connectivity index (χ3n) is 5.29. The molecule has 0 saturated heterocycles. The van der Waals surface area contributed by atoms with Gasteiger partial charge < -0.3 is 21.3 Å². The maximum absolute atomic E-state index is 12.5. The first-order valence-corrected chi connectivity index (χ1v) is 10.6. The number of rotatable bonds is 8. The van der Waals surface area contributed by atoms with Gasteiger partial charge in [0.2, 0.25) is 0 Å². The van der Waals surface area contributed by atoms with Crippen molar-refractivity contribution in [2.24, 2.45) is 16.5 Å². The van der Waals surface area contributed by atoms with E-state index < -0.39 is 17.9 Å². The number of pyridine rings is 1. The Morgan fingerprint density at radius 1 is 1.12 bits per heavy atom. The molecule has 3 rings (SSSR count). The van der Waals surface area contributed by atoms with Gasteiger partial charge in [-0.1, -0.05) is 30.3 Å². The Labute approximate surface area is 197 Å². The monoisotopic (exact) mass is 461 g/mol. The molecule has 6 N–H and O–H groups in total. The molecule has 9 nitrogen and oxygen atoms in total. The van der Waals surface area contributed by atoms with E-state index in [1.807, 2.05) is 37.3 Å². The SMILES string of the molecule is COc1cccc(-c2cccnc2C)c1CN=C(N)NC(=O)c1ccc(CC(N)C(=O)O)cc1. The minimum absolute atomic E-state index is 0.0401. The van der Waals surface area contributed by atoms with Crippen LogP contribution < -0.4 is 21.5 Å².